The number of ketones is 1. The molecule has 0 amide bonds. The molecular formula is C14H18O2S. The molecule has 2 rings (SSSR count). The summed E-state index contributed by atoms with van der Waals surface area (Å²) in [7, 11) is 1.65. The number of benzene rings is 1. The zero-order chi connectivity index (χ0) is 12.6. The quantitative estimate of drug-likeness (QED) is 0.831. The molecule has 1 unspecified atom stereocenters. The van der Waals surface area contributed by atoms with Crippen LogP contribution in [0.1, 0.15) is 48.5 Å². The van der Waals surface area contributed by atoms with Crippen molar-refractivity contribution in [2.45, 2.75) is 37.4 Å². The number of Topliss-reactive ketones (excluding diaryl/α,β-unsaturated/α-hetero) is 1. The van der Waals surface area contributed by atoms with E-state index in [4.69, 9.17) is 4.74 Å². The highest BCUT2D eigenvalue weighted by Crippen LogP contribution is 2.41. The van der Waals surface area contributed by atoms with Crippen molar-refractivity contribution < 1.29 is 9.53 Å². The lowest BCUT2D eigenvalue weighted by Crippen LogP contribution is -2.14. The van der Waals surface area contributed by atoms with Crippen molar-refractivity contribution >= 4 is 18.4 Å². The Hall–Kier alpha value is -0.960. The van der Waals surface area contributed by atoms with Crippen molar-refractivity contribution in [2.24, 2.45) is 0 Å². The third kappa shape index (κ3) is 2.65. The summed E-state index contributed by atoms with van der Waals surface area (Å²) in [6.07, 6.45) is 1.51. The van der Waals surface area contributed by atoms with Crippen LogP contribution in [0.15, 0.2) is 18.2 Å². The van der Waals surface area contributed by atoms with Crippen molar-refractivity contribution in [2.75, 3.05) is 7.11 Å². The molecule has 1 aromatic rings. The zero-order valence-electron chi connectivity index (χ0n) is 10.5. The highest BCUT2D eigenvalue weighted by atomic mass is 32.1. The van der Waals surface area contributed by atoms with Crippen LogP contribution >= 0.6 is 12.6 Å². The summed E-state index contributed by atoms with van der Waals surface area (Å²) in [4.78, 5) is 11.9. The molecule has 0 saturated carbocycles. The predicted molar refractivity (Wildman–Crippen MR) is 72.4 cm³/mol. The summed E-state index contributed by atoms with van der Waals surface area (Å²) in [5, 5.41) is 0. The molecule has 0 bridgehead atoms. The van der Waals surface area contributed by atoms with Crippen LogP contribution in [0, 0.1) is 0 Å². The van der Waals surface area contributed by atoms with E-state index in [-0.39, 0.29) is 16.4 Å². The fraction of sp³-hybridized carbons (Fsp3) is 0.500. The number of thiol groups is 1. The van der Waals surface area contributed by atoms with E-state index in [1.54, 1.807) is 7.11 Å². The summed E-state index contributed by atoms with van der Waals surface area (Å²) in [5.41, 5.74) is 1.98. The topological polar surface area (TPSA) is 26.3 Å². The first-order valence-corrected chi connectivity index (χ1v) is 6.29. The van der Waals surface area contributed by atoms with E-state index >= 15 is 0 Å². The van der Waals surface area contributed by atoms with Gasteiger partial charge in [-0.05, 0) is 36.1 Å². The average Bonchev–Trinajstić information content (AvgIpc) is 2.53. The van der Waals surface area contributed by atoms with E-state index in [1.807, 2.05) is 18.2 Å². The maximum absolute atomic E-state index is 11.9. The van der Waals surface area contributed by atoms with Gasteiger partial charge in [-0.3, -0.25) is 4.79 Å². The van der Waals surface area contributed by atoms with Gasteiger partial charge in [-0.15, -0.1) is 0 Å². The third-order valence-electron chi connectivity index (χ3n) is 3.18. The Morgan fingerprint density at radius 3 is 2.76 bits per heavy atom. The standard InChI is InChI=1S/C14H18O2S/c1-14(2,17)8-9-6-13(15)11-5-4-10(16-3)7-12(9)11/h4-5,7,9,17H,6,8H2,1-3H3. The van der Waals surface area contributed by atoms with Gasteiger partial charge < -0.3 is 4.74 Å². The molecule has 0 heterocycles. The lowest BCUT2D eigenvalue weighted by Gasteiger charge is -2.22. The summed E-state index contributed by atoms with van der Waals surface area (Å²) >= 11 is 4.56. The highest BCUT2D eigenvalue weighted by molar-refractivity contribution is 7.81. The smallest absolute Gasteiger partial charge is 0.163 e. The van der Waals surface area contributed by atoms with E-state index in [0.717, 1.165) is 23.3 Å². The molecule has 0 saturated heterocycles. The fourth-order valence-electron chi connectivity index (χ4n) is 2.49. The highest BCUT2D eigenvalue weighted by Gasteiger charge is 2.32. The summed E-state index contributed by atoms with van der Waals surface area (Å²) in [5.74, 6) is 1.34. The molecule has 1 aliphatic carbocycles. The monoisotopic (exact) mass is 250 g/mol. The number of methoxy groups -OCH3 is 1. The minimum atomic E-state index is -0.0599. The van der Waals surface area contributed by atoms with Gasteiger partial charge in [0.25, 0.3) is 0 Å². The number of carbonyl (C=O) groups excluding carboxylic acids is 1. The van der Waals surface area contributed by atoms with E-state index < -0.39 is 0 Å². The maximum atomic E-state index is 11.9. The largest absolute Gasteiger partial charge is 0.497 e. The molecule has 1 aliphatic rings. The van der Waals surface area contributed by atoms with Crippen LogP contribution in [0.2, 0.25) is 0 Å². The third-order valence-corrected chi connectivity index (χ3v) is 3.36. The molecule has 92 valence electrons. The first kappa shape index (κ1) is 12.5. The second-order valence-corrected chi connectivity index (χ2v) is 6.50. The lowest BCUT2D eigenvalue weighted by molar-refractivity contribution is 0.0987. The van der Waals surface area contributed by atoms with E-state index in [1.165, 1.54) is 0 Å². The van der Waals surface area contributed by atoms with Gasteiger partial charge in [-0.25, -0.2) is 0 Å². The number of hydrogen-bond acceptors (Lipinski definition) is 3. The normalized spacial score (nSPS) is 19.3. The van der Waals surface area contributed by atoms with Gasteiger partial charge in [0, 0.05) is 16.7 Å². The van der Waals surface area contributed by atoms with Crippen LogP contribution in [0.25, 0.3) is 0 Å². The first-order valence-electron chi connectivity index (χ1n) is 5.84. The van der Waals surface area contributed by atoms with Crippen molar-refractivity contribution in [3.63, 3.8) is 0 Å². The van der Waals surface area contributed by atoms with Crippen LogP contribution < -0.4 is 4.74 Å². The Balaban J connectivity index is 2.34. The van der Waals surface area contributed by atoms with E-state index in [2.05, 4.69) is 26.5 Å². The summed E-state index contributed by atoms with van der Waals surface area (Å²) < 4.78 is 5.16. The van der Waals surface area contributed by atoms with Gasteiger partial charge in [0.1, 0.15) is 5.75 Å². The van der Waals surface area contributed by atoms with Gasteiger partial charge in [0.15, 0.2) is 5.78 Å². The maximum Gasteiger partial charge on any atom is 0.163 e. The zero-order valence-corrected chi connectivity index (χ0v) is 11.4. The molecule has 0 radical (unpaired) electrons. The van der Waals surface area contributed by atoms with Crippen LogP contribution in [0.4, 0.5) is 0 Å². The fourth-order valence-corrected chi connectivity index (χ4v) is 2.71. The molecule has 17 heavy (non-hydrogen) atoms. The Kier molecular flexibility index (Phi) is 3.21. The van der Waals surface area contributed by atoms with Gasteiger partial charge in [-0.2, -0.15) is 12.6 Å². The second-order valence-electron chi connectivity index (χ2n) is 5.29. The van der Waals surface area contributed by atoms with Crippen LogP contribution in [-0.4, -0.2) is 17.6 Å². The van der Waals surface area contributed by atoms with Crippen molar-refractivity contribution in [1.29, 1.82) is 0 Å². The summed E-state index contributed by atoms with van der Waals surface area (Å²) in [6, 6.07) is 5.72. The Bertz CT molecular complexity index is 446. The number of ether oxygens (including phenoxy) is 1. The van der Waals surface area contributed by atoms with Crippen LogP contribution in [-0.2, 0) is 0 Å². The molecule has 3 heteroatoms. The number of fused-ring (bicyclic) bond motifs is 1. The molecule has 0 spiro atoms. The molecule has 0 N–H and O–H groups in total. The minimum absolute atomic E-state index is 0.0599. The number of carbonyl (C=O) groups is 1. The summed E-state index contributed by atoms with van der Waals surface area (Å²) in [6.45, 7) is 4.16. The van der Waals surface area contributed by atoms with Crippen molar-refractivity contribution in [3.05, 3.63) is 29.3 Å². The van der Waals surface area contributed by atoms with Crippen molar-refractivity contribution in [1.82, 2.24) is 0 Å². The molecule has 0 aliphatic heterocycles. The second kappa shape index (κ2) is 4.37. The van der Waals surface area contributed by atoms with Gasteiger partial charge in [0.05, 0.1) is 7.11 Å². The van der Waals surface area contributed by atoms with Gasteiger partial charge in [-0.1, -0.05) is 13.8 Å². The predicted octanol–water partition coefficient (Wildman–Crippen LogP) is 3.46. The lowest BCUT2D eigenvalue weighted by atomic mass is 9.91. The van der Waals surface area contributed by atoms with Crippen molar-refractivity contribution in [3.8, 4) is 5.75 Å². The molecule has 0 fully saturated rings. The molecule has 1 atom stereocenters. The van der Waals surface area contributed by atoms with Crippen LogP contribution in [0.3, 0.4) is 0 Å². The first-order chi connectivity index (χ1) is 7.90. The number of hydrogen-bond donors (Lipinski definition) is 1. The Morgan fingerprint density at radius 1 is 1.47 bits per heavy atom. The van der Waals surface area contributed by atoms with Gasteiger partial charge >= 0.3 is 0 Å². The average molecular weight is 250 g/mol. The number of rotatable bonds is 3. The minimum Gasteiger partial charge on any atom is -0.497 e. The molecule has 2 nitrogen and oxygen atoms in total. The Morgan fingerprint density at radius 2 is 2.18 bits per heavy atom. The molecule has 0 aromatic heterocycles. The molecule has 1 aromatic carbocycles. The molecular weight excluding hydrogens is 232 g/mol. The SMILES string of the molecule is COc1ccc2c(c1)C(CC(C)(C)S)CC2=O. The van der Waals surface area contributed by atoms with Crippen LogP contribution in [0.5, 0.6) is 5.75 Å². The van der Waals surface area contributed by atoms with Gasteiger partial charge in [0.2, 0.25) is 0 Å². The van der Waals surface area contributed by atoms with E-state index in [0.29, 0.717) is 6.42 Å². The Labute approximate surface area is 108 Å². The van der Waals surface area contributed by atoms with E-state index in [9.17, 15) is 4.79 Å².